The van der Waals surface area contributed by atoms with Gasteiger partial charge in [-0.2, -0.15) is 0 Å². The fourth-order valence-electron chi connectivity index (χ4n) is 2.55. The molecule has 2 rings (SSSR count). The SMILES string of the molecule is Cc1cc(C)nc(SCC(=O)NC(c2ccc(F)cc2)C(C)(C)C)n1. The van der Waals surface area contributed by atoms with Gasteiger partial charge in [0, 0.05) is 11.4 Å². The Morgan fingerprint density at radius 1 is 1.16 bits per heavy atom. The van der Waals surface area contributed by atoms with Crippen molar-refractivity contribution in [3.05, 3.63) is 53.1 Å². The third-order valence-electron chi connectivity index (χ3n) is 3.67. The number of nitrogens with zero attached hydrogens (tertiary/aromatic N) is 2. The molecule has 0 spiro atoms. The van der Waals surface area contributed by atoms with Gasteiger partial charge in [0.2, 0.25) is 5.91 Å². The normalized spacial score (nSPS) is 12.7. The highest BCUT2D eigenvalue weighted by Crippen LogP contribution is 2.33. The first-order valence-electron chi connectivity index (χ1n) is 8.15. The number of hydrogen-bond acceptors (Lipinski definition) is 4. The van der Waals surface area contributed by atoms with Crippen LogP contribution in [0.2, 0.25) is 0 Å². The summed E-state index contributed by atoms with van der Waals surface area (Å²) in [4.78, 5) is 21.1. The van der Waals surface area contributed by atoms with Crippen LogP contribution in [-0.4, -0.2) is 21.6 Å². The van der Waals surface area contributed by atoms with Crippen molar-refractivity contribution >= 4 is 17.7 Å². The van der Waals surface area contributed by atoms with Gasteiger partial charge >= 0.3 is 0 Å². The zero-order valence-corrected chi connectivity index (χ0v) is 16.1. The van der Waals surface area contributed by atoms with Gasteiger partial charge in [0.15, 0.2) is 5.16 Å². The smallest absolute Gasteiger partial charge is 0.230 e. The molecule has 0 aliphatic carbocycles. The topological polar surface area (TPSA) is 54.9 Å². The van der Waals surface area contributed by atoms with Crippen LogP contribution in [0.25, 0.3) is 0 Å². The van der Waals surface area contributed by atoms with E-state index in [-0.39, 0.29) is 28.9 Å². The number of halogens is 1. The van der Waals surface area contributed by atoms with E-state index in [2.05, 4.69) is 15.3 Å². The summed E-state index contributed by atoms with van der Waals surface area (Å²) in [6.45, 7) is 9.94. The number of benzene rings is 1. The van der Waals surface area contributed by atoms with Gasteiger partial charge in [-0.1, -0.05) is 44.7 Å². The summed E-state index contributed by atoms with van der Waals surface area (Å²) in [7, 11) is 0. The highest BCUT2D eigenvalue weighted by molar-refractivity contribution is 7.99. The van der Waals surface area contributed by atoms with Crippen molar-refractivity contribution in [1.82, 2.24) is 15.3 Å². The molecule has 25 heavy (non-hydrogen) atoms. The Morgan fingerprint density at radius 2 is 1.72 bits per heavy atom. The van der Waals surface area contributed by atoms with Gasteiger partial charge in [-0.3, -0.25) is 4.79 Å². The van der Waals surface area contributed by atoms with E-state index in [1.165, 1.54) is 23.9 Å². The van der Waals surface area contributed by atoms with E-state index < -0.39 is 0 Å². The highest BCUT2D eigenvalue weighted by Gasteiger charge is 2.27. The lowest BCUT2D eigenvalue weighted by Gasteiger charge is -2.32. The molecule has 0 fully saturated rings. The Hall–Kier alpha value is -1.95. The first-order chi connectivity index (χ1) is 11.6. The summed E-state index contributed by atoms with van der Waals surface area (Å²) in [5.74, 6) is -0.154. The molecule has 1 N–H and O–H groups in total. The van der Waals surface area contributed by atoms with Crippen LogP contribution in [0.3, 0.4) is 0 Å². The van der Waals surface area contributed by atoms with Crippen molar-refractivity contribution in [2.45, 2.75) is 45.8 Å². The summed E-state index contributed by atoms with van der Waals surface area (Å²) in [6, 6.07) is 7.95. The molecule has 0 saturated carbocycles. The number of rotatable bonds is 5. The molecule has 4 nitrogen and oxygen atoms in total. The van der Waals surface area contributed by atoms with Gasteiger partial charge < -0.3 is 5.32 Å². The van der Waals surface area contributed by atoms with Gasteiger partial charge in [-0.05, 0) is 43.0 Å². The molecule has 1 aromatic carbocycles. The van der Waals surface area contributed by atoms with E-state index in [9.17, 15) is 9.18 Å². The summed E-state index contributed by atoms with van der Waals surface area (Å²) >= 11 is 1.31. The molecule has 1 unspecified atom stereocenters. The fourth-order valence-corrected chi connectivity index (χ4v) is 3.31. The number of aryl methyl sites for hydroxylation is 2. The summed E-state index contributed by atoms with van der Waals surface area (Å²) in [5, 5.41) is 3.65. The summed E-state index contributed by atoms with van der Waals surface area (Å²) < 4.78 is 13.2. The van der Waals surface area contributed by atoms with Crippen molar-refractivity contribution in [2.75, 3.05) is 5.75 Å². The average Bonchev–Trinajstić information content (AvgIpc) is 2.50. The van der Waals surface area contributed by atoms with E-state index in [0.717, 1.165) is 17.0 Å². The molecule has 0 aliphatic rings. The maximum absolute atomic E-state index is 13.2. The lowest BCUT2D eigenvalue weighted by atomic mass is 9.82. The number of nitrogens with one attached hydrogen (secondary N) is 1. The van der Waals surface area contributed by atoms with Crippen LogP contribution in [0.15, 0.2) is 35.5 Å². The summed E-state index contributed by atoms with van der Waals surface area (Å²) in [6.07, 6.45) is 0. The lowest BCUT2D eigenvalue weighted by Crippen LogP contribution is -2.37. The quantitative estimate of drug-likeness (QED) is 0.640. The summed E-state index contributed by atoms with van der Waals surface area (Å²) in [5.41, 5.74) is 2.45. The molecule has 1 aromatic heterocycles. The number of thioether (sulfide) groups is 1. The molecule has 1 heterocycles. The van der Waals surface area contributed by atoms with Crippen molar-refractivity contribution < 1.29 is 9.18 Å². The fraction of sp³-hybridized carbons (Fsp3) is 0.421. The maximum atomic E-state index is 13.2. The van der Waals surface area contributed by atoms with Crippen LogP contribution in [0.1, 0.15) is 43.8 Å². The van der Waals surface area contributed by atoms with Crippen LogP contribution < -0.4 is 5.32 Å². The van der Waals surface area contributed by atoms with Gasteiger partial charge in [0.05, 0.1) is 11.8 Å². The molecule has 0 saturated heterocycles. The Bertz CT molecular complexity index is 721. The van der Waals surface area contributed by atoms with Crippen molar-refractivity contribution in [3.63, 3.8) is 0 Å². The minimum absolute atomic E-state index is 0.1000. The first-order valence-corrected chi connectivity index (χ1v) is 9.13. The number of hydrogen-bond donors (Lipinski definition) is 1. The molecular weight excluding hydrogens is 337 g/mol. The van der Waals surface area contributed by atoms with E-state index >= 15 is 0 Å². The molecule has 6 heteroatoms. The molecule has 0 radical (unpaired) electrons. The standard InChI is InChI=1S/C19H24FN3OS/c1-12-10-13(2)22-18(21-12)25-11-16(24)23-17(19(3,4)5)14-6-8-15(20)9-7-14/h6-10,17H,11H2,1-5H3,(H,23,24). The van der Waals surface area contributed by atoms with Gasteiger partial charge in [-0.25, -0.2) is 14.4 Å². The Labute approximate surface area is 152 Å². The largest absolute Gasteiger partial charge is 0.348 e. The van der Waals surface area contributed by atoms with E-state index in [0.29, 0.717) is 5.16 Å². The van der Waals surface area contributed by atoms with Crippen LogP contribution in [0.4, 0.5) is 4.39 Å². The van der Waals surface area contributed by atoms with Gasteiger partial charge in [0.1, 0.15) is 5.82 Å². The number of amides is 1. The molecule has 0 aliphatic heterocycles. The third kappa shape index (κ3) is 5.81. The Morgan fingerprint density at radius 3 is 2.24 bits per heavy atom. The molecule has 1 amide bonds. The first kappa shape index (κ1) is 19.4. The van der Waals surface area contributed by atoms with Gasteiger partial charge in [-0.15, -0.1) is 0 Å². The Kier molecular flexibility index (Phi) is 6.16. The predicted molar refractivity (Wildman–Crippen MR) is 99.0 cm³/mol. The second-order valence-electron chi connectivity index (χ2n) is 7.14. The second kappa shape index (κ2) is 7.95. The van der Waals surface area contributed by atoms with Crippen LogP contribution in [-0.2, 0) is 4.79 Å². The molecule has 2 aromatic rings. The van der Waals surface area contributed by atoms with E-state index in [1.807, 2.05) is 40.7 Å². The molecule has 0 bridgehead atoms. The van der Waals surface area contributed by atoms with Crippen molar-refractivity contribution in [3.8, 4) is 0 Å². The average molecular weight is 361 g/mol. The minimum atomic E-state index is -0.287. The second-order valence-corrected chi connectivity index (χ2v) is 8.08. The maximum Gasteiger partial charge on any atom is 0.230 e. The zero-order chi connectivity index (χ0) is 18.6. The number of aromatic nitrogens is 2. The number of carbonyl (C=O) groups is 1. The van der Waals surface area contributed by atoms with E-state index in [4.69, 9.17) is 0 Å². The monoisotopic (exact) mass is 361 g/mol. The zero-order valence-electron chi connectivity index (χ0n) is 15.3. The Balaban J connectivity index is 2.05. The highest BCUT2D eigenvalue weighted by atomic mass is 32.2. The van der Waals surface area contributed by atoms with Crippen molar-refractivity contribution in [1.29, 1.82) is 0 Å². The third-order valence-corrected chi connectivity index (χ3v) is 4.52. The molecule has 134 valence electrons. The minimum Gasteiger partial charge on any atom is -0.348 e. The molecule has 1 atom stereocenters. The molecular formula is C19H24FN3OS. The van der Waals surface area contributed by atoms with E-state index in [1.54, 1.807) is 12.1 Å². The van der Waals surface area contributed by atoms with Gasteiger partial charge in [0.25, 0.3) is 0 Å². The lowest BCUT2D eigenvalue weighted by molar-refractivity contribution is -0.120. The van der Waals surface area contributed by atoms with Crippen LogP contribution in [0, 0.1) is 25.1 Å². The van der Waals surface area contributed by atoms with Crippen molar-refractivity contribution in [2.24, 2.45) is 5.41 Å². The van der Waals surface area contributed by atoms with Crippen LogP contribution >= 0.6 is 11.8 Å². The predicted octanol–water partition coefficient (Wildman–Crippen LogP) is 4.23. The van der Waals surface area contributed by atoms with Crippen LogP contribution in [0.5, 0.6) is 0 Å². The number of carbonyl (C=O) groups excluding carboxylic acids is 1.